The zero-order valence-electron chi connectivity index (χ0n) is 38.1. The highest BCUT2D eigenvalue weighted by Gasteiger charge is 2.19. The van der Waals surface area contributed by atoms with Crippen molar-refractivity contribution in [3.63, 3.8) is 0 Å². The van der Waals surface area contributed by atoms with E-state index < -0.39 is 6.10 Å². The molecule has 0 heterocycles. The van der Waals surface area contributed by atoms with Crippen LogP contribution in [0.15, 0.2) is 24.3 Å². The fourth-order valence-electron chi connectivity index (χ4n) is 7.12. The quantitative estimate of drug-likeness (QED) is 0.0264. The Morgan fingerprint density at radius 2 is 0.596 bits per heavy atom. The van der Waals surface area contributed by atoms with Crippen molar-refractivity contribution in [1.29, 1.82) is 0 Å². The van der Waals surface area contributed by atoms with E-state index >= 15 is 0 Å². The third kappa shape index (κ3) is 44.8. The molecule has 0 amide bonds. The monoisotopic (exact) mass is 803 g/mol. The number of carbonyl (C=O) groups is 3. The van der Waals surface area contributed by atoms with Gasteiger partial charge in [0.05, 0.1) is 0 Å². The third-order valence-corrected chi connectivity index (χ3v) is 10.9. The molecule has 0 rings (SSSR count). The zero-order chi connectivity index (χ0) is 41.5. The fourth-order valence-corrected chi connectivity index (χ4v) is 7.12. The van der Waals surface area contributed by atoms with Gasteiger partial charge in [0, 0.05) is 19.3 Å². The van der Waals surface area contributed by atoms with Crippen molar-refractivity contribution >= 4 is 17.9 Å². The molecule has 0 unspecified atom stereocenters. The lowest BCUT2D eigenvalue weighted by Gasteiger charge is -2.18. The maximum absolute atomic E-state index is 12.7. The second-order valence-electron chi connectivity index (χ2n) is 16.7. The Labute approximate surface area is 353 Å². The molecular weight excluding hydrogens is 709 g/mol. The Hall–Kier alpha value is -2.11. The van der Waals surface area contributed by atoms with E-state index in [0.717, 1.165) is 64.2 Å². The first-order chi connectivity index (χ1) is 28.0. The molecule has 57 heavy (non-hydrogen) atoms. The molecule has 0 aliphatic carbocycles. The van der Waals surface area contributed by atoms with Gasteiger partial charge in [-0.05, 0) is 64.2 Å². The van der Waals surface area contributed by atoms with Crippen LogP contribution in [0.25, 0.3) is 0 Å². The van der Waals surface area contributed by atoms with Crippen molar-refractivity contribution in [2.24, 2.45) is 0 Å². The summed E-state index contributed by atoms with van der Waals surface area (Å²) in [4.78, 5) is 37.8. The van der Waals surface area contributed by atoms with Gasteiger partial charge in [0.15, 0.2) is 6.10 Å². The smallest absolute Gasteiger partial charge is 0.306 e. The summed E-state index contributed by atoms with van der Waals surface area (Å²) in [6.07, 6.45) is 51.6. The number of rotatable bonds is 45. The van der Waals surface area contributed by atoms with Crippen LogP contribution in [-0.2, 0) is 28.6 Å². The topological polar surface area (TPSA) is 78.9 Å². The molecule has 0 aromatic carbocycles. The van der Waals surface area contributed by atoms with Crippen LogP contribution in [0, 0.1) is 0 Å². The summed E-state index contributed by atoms with van der Waals surface area (Å²) in [5.41, 5.74) is 0. The number of allylic oxidation sites excluding steroid dienone is 4. The Morgan fingerprint density at radius 3 is 0.930 bits per heavy atom. The molecule has 334 valence electrons. The second kappa shape index (κ2) is 46.6. The highest BCUT2D eigenvalue weighted by atomic mass is 16.6. The van der Waals surface area contributed by atoms with Crippen molar-refractivity contribution in [3.8, 4) is 0 Å². The van der Waals surface area contributed by atoms with E-state index in [0.29, 0.717) is 19.3 Å². The highest BCUT2D eigenvalue weighted by Crippen LogP contribution is 2.15. The van der Waals surface area contributed by atoms with Crippen LogP contribution in [0.1, 0.15) is 265 Å². The molecule has 0 saturated heterocycles. The minimum Gasteiger partial charge on any atom is -0.462 e. The lowest BCUT2D eigenvalue weighted by atomic mass is 10.1. The minimum atomic E-state index is -0.770. The maximum Gasteiger partial charge on any atom is 0.306 e. The predicted molar refractivity (Wildman–Crippen MR) is 243 cm³/mol. The summed E-state index contributed by atoms with van der Waals surface area (Å²) in [7, 11) is 0. The number of carbonyl (C=O) groups excluding carboxylic acids is 3. The largest absolute Gasteiger partial charge is 0.462 e. The molecule has 6 nitrogen and oxygen atoms in total. The Bertz CT molecular complexity index is 927. The first kappa shape index (κ1) is 54.9. The zero-order valence-corrected chi connectivity index (χ0v) is 38.1. The number of ether oxygens (including phenoxy) is 3. The predicted octanol–water partition coefficient (Wildman–Crippen LogP) is 16.0. The van der Waals surface area contributed by atoms with Crippen LogP contribution in [0.4, 0.5) is 0 Å². The van der Waals surface area contributed by atoms with Gasteiger partial charge in [-0.1, -0.05) is 206 Å². The van der Waals surface area contributed by atoms with Crippen molar-refractivity contribution < 1.29 is 28.6 Å². The van der Waals surface area contributed by atoms with Crippen molar-refractivity contribution in [2.75, 3.05) is 13.2 Å². The molecule has 6 heteroatoms. The van der Waals surface area contributed by atoms with Gasteiger partial charge in [-0.15, -0.1) is 0 Å². The van der Waals surface area contributed by atoms with Gasteiger partial charge in [-0.3, -0.25) is 14.4 Å². The van der Waals surface area contributed by atoms with E-state index in [1.54, 1.807) is 0 Å². The molecule has 0 spiro atoms. The van der Waals surface area contributed by atoms with Gasteiger partial charge in [-0.25, -0.2) is 0 Å². The summed E-state index contributed by atoms with van der Waals surface area (Å²) in [6.45, 7) is 6.59. The van der Waals surface area contributed by atoms with Crippen molar-refractivity contribution in [3.05, 3.63) is 24.3 Å². The Morgan fingerprint density at radius 1 is 0.333 bits per heavy atom. The minimum absolute atomic E-state index is 0.0730. The van der Waals surface area contributed by atoms with Crippen molar-refractivity contribution in [2.45, 2.75) is 271 Å². The van der Waals surface area contributed by atoms with Gasteiger partial charge >= 0.3 is 17.9 Å². The summed E-state index contributed by atoms with van der Waals surface area (Å²) in [5, 5.41) is 0. The van der Waals surface area contributed by atoms with E-state index in [1.165, 1.54) is 161 Å². The standard InChI is InChI=1S/C51H94O6/c1-4-7-10-13-16-19-22-23-24-25-26-27-30-32-35-38-41-44-50(53)56-47-48(57-51(54)45-42-39-36-33-29-21-18-15-12-9-6-3)46-55-49(52)43-40-37-34-31-28-20-17-14-11-8-5-2/h14,17,23-24,48H,4-13,15-16,18-22,25-47H2,1-3H3/b17-14-,24-23-/t48-/m0/s1. The Kier molecular flexibility index (Phi) is 44.9. The molecule has 0 saturated carbocycles. The van der Waals surface area contributed by atoms with Gasteiger partial charge in [-0.2, -0.15) is 0 Å². The fraction of sp³-hybridized carbons (Fsp3) is 0.863. The highest BCUT2D eigenvalue weighted by molar-refractivity contribution is 5.71. The number of unbranched alkanes of at least 4 members (excludes halogenated alkanes) is 30. The van der Waals surface area contributed by atoms with Gasteiger partial charge < -0.3 is 14.2 Å². The first-order valence-corrected chi connectivity index (χ1v) is 24.8. The lowest BCUT2D eigenvalue weighted by Crippen LogP contribution is -2.30. The number of hydrogen-bond acceptors (Lipinski definition) is 6. The summed E-state index contributed by atoms with van der Waals surface area (Å²) < 4.78 is 16.7. The molecule has 0 radical (unpaired) electrons. The van der Waals surface area contributed by atoms with E-state index in [-0.39, 0.29) is 31.1 Å². The molecule has 0 aliphatic heterocycles. The average Bonchev–Trinajstić information content (AvgIpc) is 3.21. The SMILES string of the molecule is CCCC/C=C\CCCCCCCC(=O)OC[C@@H](COC(=O)CCCCCCCCC/C=C\CCCCCCCC)OC(=O)CCCCCCCCCCCCC. The van der Waals surface area contributed by atoms with Gasteiger partial charge in [0.25, 0.3) is 0 Å². The summed E-state index contributed by atoms with van der Waals surface area (Å²) in [6, 6.07) is 0. The molecule has 0 fully saturated rings. The summed E-state index contributed by atoms with van der Waals surface area (Å²) in [5.74, 6) is -0.879. The van der Waals surface area contributed by atoms with Crippen LogP contribution in [0.5, 0.6) is 0 Å². The number of esters is 3. The lowest BCUT2D eigenvalue weighted by molar-refractivity contribution is -0.167. The van der Waals surface area contributed by atoms with Crippen LogP contribution in [0.3, 0.4) is 0 Å². The van der Waals surface area contributed by atoms with Gasteiger partial charge in [0.2, 0.25) is 0 Å². The second-order valence-corrected chi connectivity index (χ2v) is 16.7. The van der Waals surface area contributed by atoms with Crippen LogP contribution < -0.4 is 0 Å². The van der Waals surface area contributed by atoms with Crippen molar-refractivity contribution in [1.82, 2.24) is 0 Å². The third-order valence-electron chi connectivity index (χ3n) is 10.9. The summed E-state index contributed by atoms with van der Waals surface area (Å²) >= 11 is 0. The molecular formula is C51H94O6. The number of hydrogen-bond donors (Lipinski definition) is 0. The maximum atomic E-state index is 12.7. The van der Waals surface area contributed by atoms with E-state index in [9.17, 15) is 14.4 Å². The van der Waals surface area contributed by atoms with E-state index in [4.69, 9.17) is 14.2 Å². The normalized spacial score (nSPS) is 12.1. The molecule has 0 aromatic rings. The van der Waals surface area contributed by atoms with Gasteiger partial charge in [0.1, 0.15) is 13.2 Å². The molecule has 0 bridgehead atoms. The molecule has 0 aliphatic rings. The molecule has 0 N–H and O–H groups in total. The van der Waals surface area contributed by atoms with Crippen LogP contribution in [-0.4, -0.2) is 37.2 Å². The molecule has 1 atom stereocenters. The van der Waals surface area contributed by atoms with E-state index in [1.807, 2.05) is 0 Å². The van der Waals surface area contributed by atoms with Crippen LogP contribution in [0.2, 0.25) is 0 Å². The first-order valence-electron chi connectivity index (χ1n) is 24.8. The van der Waals surface area contributed by atoms with Crippen LogP contribution >= 0.6 is 0 Å². The van der Waals surface area contributed by atoms with E-state index in [2.05, 4.69) is 45.1 Å². The average molecular weight is 803 g/mol. The Balaban J connectivity index is 4.31. The molecule has 0 aromatic heterocycles.